The molecular weight excluding hydrogens is 288 g/mol. The molecular formula is C13H14ClO6. The second-order valence-corrected chi connectivity index (χ2v) is 3.98. The SMILES string of the molecule is COC(OC)c1ccc(OC(Cl)C=O)c(OC[C]=O)c1. The van der Waals surface area contributed by atoms with Crippen LogP contribution < -0.4 is 9.47 Å². The average Bonchev–Trinajstić information content (AvgIpc) is 2.48. The lowest BCUT2D eigenvalue weighted by Crippen LogP contribution is -2.12. The molecule has 1 aromatic rings. The van der Waals surface area contributed by atoms with Crippen molar-refractivity contribution < 1.29 is 28.5 Å². The third-order valence-corrected chi connectivity index (χ3v) is 2.49. The number of ether oxygens (including phenoxy) is 4. The van der Waals surface area contributed by atoms with Crippen LogP contribution in [0.1, 0.15) is 11.9 Å². The highest BCUT2D eigenvalue weighted by Crippen LogP contribution is 2.32. The minimum absolute atomic E-state index is 0.224. The quantitative estimate of drug-likeness (QED) is 0.392. The van der Waals surface area contributed by atoms with E-state index in [1.165, 1.54) is 14.2 Å². The molecule has 109 valence electrons. The van der Waals surface area contributed by atoms with Gasteiger partial charge in [-0.1, -0.05) is 17.7 Å². The summed E-state index contributed by atoms with van der Waals surface area (Å²) in [5, 5.41) is 0. The summed E-state index contributed by atoms with van der Waals surface area (Å²) in [5.74, 6) is 0.458. The number of alkyl halides is 1. The van der Waals surface area contributed by atoms with Crippen molar-refractivity contribution in [2.75, 3.05) is 20.8 Å². The molecule has 0 fully saturated rings. The van der Waals surface area contributed by atoms with Gasteiger partial charge in [-0.2, -0.15) is 0 Å². The van der Waals surface area contributed by atoms with E-state index in [0.29, 0.717) is 11.8 Å². The molecule has 0 spiro atoms. The van der Waals surface area contributed by atoms with Crippen molar-refractivity contribution in [2.24, 2.45) is 0 Å². The molecule has 0 aliphatic heterocycles. The fourth-order valence-corrected chi connectivity index (χ4v) is 1.60. The van der Waals surface area contributed by atoms with Crippen LogP contribution in [0.3, 0.4) is 0 Å². The van der Waals surface area contributed by atoms with Crippen LogP contribution in [0.4, 0.5) is 0 Å². The lowest BCUT2D eigenvalue weighted by molar-refractivity contribution is -0.111. The fourth-order valence-electron chi connectivity index (χ4n) is 1.51. The molecule has 0 aromatic heterocycles. The number of halogens is 1. The largest absolute Gasteiger partial charge is 0.481 e. The molecule has 0 N–H and O–H groups in total. The average molecular weight is 302 g/mol. The number of carbonyl (C=O) groups is 1. The molecule has 1 atom stereocenters. The number of methoxy groups -OCH3 is 2. The number of hydrogen-bond acceptors (Lipinski definition) is 6. The van der Waals surface area contributed by atoms with Crippen molar-refractivity contribution in [3.63, 3.8) is 0 Å². The maximum atomic E-state index is 10.5. The Hall–Kier alpha value is -1.63. The maximum Gasteiger partial charge on any atom is 0.239 e. The molecule has 0 bridgehead atoms. The van der Waals surface area contributed by atoms with Gasteiger partial charge in [0.1, 0.15) is 0 Å². The van der Waals surface area contributed by atoms with E-state index >= 15 is 0 Å². The van der Waals surface area contributed by atoms with Gasteiger partial charge in [0.15, 0.2) is 30.7 Å². The molecule has 6 nitrogen and oxygen atoms in total. The Balaban J connectivity index is 3.04. The second kappa shape index (κ2) is 8.52. The van der Waals surface area contributed by atoms with Crippen LogP contribution in [0.25, 0.3) is 0 Å². The first-order chi connectivity index (χ1) is 9.65. The topological polar surface area (TPSA) is 71.1 Å². The zero-order chi connectivity index (χ0) is 15.0. The number of benzene rings is 1. The molecule has 1 aromatic carbocycles. The summed E-state index contributed by atoms with van der Waals surface area (Å²) in [6.07, 6.45) is 1.43. The Morgan fingerprint density at radius 1 is 1.30 bits per heavy atom. The summed E-state index contributed by atoms with van der Waals surface area (Å²) in [6, 6.07) is 4.77. The standard InChI is InChI=1S/C13H14ClO6/c1-17-13(18-2)9-3-4-10(20-12(14)8-16)11(7-9)19-6-5-15/h3-4,7-8,12-13H,6H2,1-2H3. The molecule has 0 amide bonds. The van der Waals surface area contributed by atoms with E-state index in [1.54, 1.807) is 24.5 Å². The lowest BCUT2D eigenvalue weighted by Gasteiger charge is -2.17. The number of aldehydes is 1. The molecule has 0 aliphatic carbocycles. The number of hydrogen-bond donors (Lipinski definition) is 0. The van der Waals surface area contributed by atoms with Crippen LogP contribution in [0.5, 0.6) is 11.5 Å². The molecule has 1 unspecified atom stereocenters. The zero-order valence-corrected chi connectivity index (χ0v) is 11.8. The van der Waals surface area contributed by atoms with Gasteiger partial charge in [0.25, 0.3) is 0 Å². The Morgan fingerprint density at radius 2 is 2.00 bits per heavy atom. The van der Waals surface area contributed by atoms with E-state index in [0.717, 1.165) is 0 Å². The maximum absolute atomic E-state index is 10.5. The van der Waals surface area contributed by atoms with Crippen LogP contribution in [-0.4, -0.2) is 39.0 Å². The van der Waals surface area contributed by atoms with Crippen LogP contribution in [0.15, 0.2) is 18.2 Å². The van der Waals surface area contributed by atoms with Crippen molar-refractivity contribution >= 4 is 24.2 Å². The Kier molecular flexibility index (Phi) is 7.00. The fraction of sp³-hybridized carbons (Fsp3) is 0.385. The van der Waals surface area contributed by atoms with Crippen LogP contribution in [-0.2, 0) is 19.1 Å². The summed E-state index contributed by atoms with van der Waals surface area (Å²) in [7, 11) is 2.97. The van der Waals surface area contributed by atoms with Gasteiger partial charge < -0.3 is 18.9 Å². The first-order valence-corrected chi connectivity index (χ1v) is 6.03. The molecule has 0 saturated heterocycles. The van der Waals surface area contributed by atoms with Crippen molar-refractivity contribution in [2.45, 2.75) is 11.9 Å². The van der Waals surface area contributed by atoms with E-state index < -0.39 is 11.9 Å². The smallest absolute Gasteiger partial charge is 0.239 e. The monoisotopic (exact) mass is 301 g/mol. The highest BCUT2D eigenvalue weighted by Gasteiger charge is 2.15. The van der Waals surface area contributed by atoms with Gasteiger partial charge in [0.05, 0.1) is 0 Å². The van der Waals surface area contributed by atoms with Crippen molar-refractivity contribution in [1.82, 2.24) is 0 Å². The molecule has 0 aliphatic rings. The molecule has 7 heteroatoms. The Bertz CT molecular complexity index is 446. The van der Waals surface area contributed by atoms with Gasteiger partial charge in [-0.25, -0.2) is 0 Å². The molecule has 1 radical (unpaired) electrons. The molecule has 0 saturated carbocycles. The van der Waals surface area contributed by atoms with E-state index in [-0.39, 0.29) is 18.1 Å². The third-order valence-electron chi connectivity index (χ3n) is 2.30. The van der Waals surface area contributed by atoms with Crippen LogP contribution in [0.2, 0.25) is 0 Å². The Morgan fingerprint density at radius 3 is 2.55 bits per heavy atom. The summed E-state index contributed by atoms with van der Waals surface area (Å²) in [5.41, 5.74) is -0.496. The van der Waals surface area contributed by atoms with E-state index in [1.807, 2.05) is 0 Å². The summed E-state index contributed by atoms with van der Waals surface area (Å²) >= 11 is 5.59. The third kappa shape index (κ3) is 4.48. The van der Waals surface area contributed by atoms with Gasteiger partial charge in [-0.05, 0) is 12.1 Å². The highest BCUT2D eigenvalue weighted by atomic mass is 35.5. The predicted octanol–water partition coefficient (Wildman–Crippen LogP) is 1.61. The molecule has 1 rings (SSSR count). The number of carbonyl (C=O) groups excluding carboxylic acids is 2. The molecule has 20 heavy (non-hydrogen) atoms. The van der Waals surface area contributed by atoms with Gasteiger partial charge >= 0.3 is 0 Å². The highest BCUT2D eigenvalue weighted by molar-refractivity contribution is 6.26. The second-order valence-electron chi connectivity index (χ2n) is 3.55. The first-order valence-electron chi connectivity index (χ1n) is 5.59. The van der Waals surface area contributed by atoms with Crippen LogP contribution >= 0.6 is 11.6 Å². The Labute approximate surface area is 121 Å². The van der Waals surface area contributed by atoms with Crippen molar-refractivity contribution in [3.05, 3.63) is 23.8 Å². The summed E-state index contributed by atoms with van der Waals surface area (Å²) < 4.78 is 20.5. The zero-order valence-electron chi connectivity index (χ0n) is 11.0. The summed E-state index contributed by atoms with van der Waals surface area (Å²) in [6.45, 7) is -0.279. The minimum Gasteiger partial charge on any atom is -0.481 e. The minimum atomic E-state index is -1.15. The van der Waals surface area contributed by atoms with E-state index in [4.69, 9.17) is 30.5 Å². The molecule has 0 heterocycles. The van der Waals surface area contributed by atoms with Gasteiger partial charge in [0, 0.05) is 19.8 Å². The predicted molar refractivity (Wildman–Crippen MR) is 70.7 cm³/mol. The van der Waals surface area contributed by atoms with Crippen molar-refractivity contribution in [3.8, 4) is 11.5 Å². The van der Waals surface area contributed by atoms with Crippen LogP contribution in [0, 0.1) is 0 Å². The summed E-state index contributed by atoms with van der Waals surface area (Å²) in [4.78, 5) is 20.8. The van der Waals surface area contributed by atoms with Gasteiger partial charge in [-0.3, -0.25) is 9.59 Å². The van der Waals surface area contributed by atoms with Gasteiger partial charge in [-0.15, -0.1) is 0 Å². The van der Waals surface area contributed by atoms with E-state index in [2.05, 4.69) is 0 Å². The van der Waals surface area contributed by atoms with Gasteiger partial charge in [0.2, 0.25) is 11.8 Å². The number of rotatable bonds is 9. The first kappa shape index (κ1) is 16.4. The van der Waals surface area contributed by atoms with Crippen molar-refractivity contribution in [1.29, 1.82) is 0 Å². The van der Waals surface area contributed by atoms with E-state index in [9.17, 15) is 9.59 Å². The normalized spacial score (nSPS) is 12.0. The lowest BCUT2D eigenvalue weighted by atomic mass is 10.2.